The minimum atomic E-state index is -1.60. The van der Waals surface area contributed by atoms with Gasteiger partial charge < -0.3 is 19.7 Å². The number of hydrogen-bond donors (Lipinski definition) is 2. The van der Waals surface area contributed by atoms with E-state index in [0.29, 0.717) is 5.75 Å². The standard InChI is InChI=1S/C17H17BrO5/c1-11(19)16-14(20)4-3-5-15(16)22-10-17(2,21)23-13-8-6-12(18)7-9-13/h3-9,20-21H,10H2,1-2H3. The summed E-state index contributed by atoms with van der Waals surface area (Å²) in [5, 5.41) is 20.0. The molecule has 0 saturated heterocycles. The first-order valence-electron chi connectivity index (χ1n) is 6.91. The predicted molar refractivity (Wildman–Crippen MR) is 89.0 cm³/mol. The molecule has 0 spiro atoms. The van der Waals surface area contributed by atoms with Crippen LogP contribution in [-0.4, -0.2) is 28.4 Å². The van der Waals surface area contributed by atoms with Crippen molar-refractivity contribution < 1.29 is 24.5 Å². The molecule has 2 aromatic rings. The average molecular weight is 381 g/mol. The minimum Gasteiger partial charge on any atom is -0.507 e. The first kappa shape index (κ1) is 17.3. The molecule has 1 atom stereocenters. The van der Waals surface area contributed by atoms with Gasteiger partial charge in [0.25, 0.3) is 0 Å². The monoisotopic (exact) mass is 380 g/mol. The fraction of sp³-hybridized carbons (Fsp3) is 0.235. The molecular weight excluding hydrogens is 364 g/mol. The number of rotatable bonds is 6. The van der Waals surface area contributed by atoms with E-state index in [-0.39, 0.29) is 29.5 Å². The van der Waals surface area contributed by atoms with Gasteiger partial charge in [0.15, 0.2) is 12.4 Å². The van der Waals surface area contributed by atoms with Crippen molar-refractivity contribution >= 4 is 21.7 Å². The molecular formula is C17H17BrO5. The number of phenols is 1. The van der Waals surface area contributed by atoms with Gasteiger partial charge in [-0.1, -0.05) is 22.0 Å². The molecule has 0 radical (unpaired) electrons. The van der Waals surface area contributed by atoms with Crippen LogP contribution in [-0.2, 0) is 0 Å². The number of Topliss-reactive ketones (excluding diaryl/α,β-unsaturated/α-hetero) is 1. The molecule has 6 heteroatoms. The maximum atomic E-state index is 11.6. The Hall–Kier alpha value is -2.05. The molecule has 2 rings (SSSR count). The number of ketones is 1. The molecule has 2 N–H and O–H groups in total. The lowest BCUT2D eigenvalue weighted by atomic mass is 10.1. The Morgan fingerprint density at radius 2 is 1.87 bits per heavy atom. The van der Waals surface area contributed by atoms with E-state index in [4.69, 9.17) is 9.47 Å². The van der Waals surface area contributed by atoms with E-state index < -0.39 is 5.79 Å². The molecule has 122 valence electrons. The van der Waals surface area contributed by atoms with Crippen LogP contribution in [0.5, 0.6) is 17.2 Å². The van der Waals surface area contributed by atoms with Crippen molar-refractivity contribution in [1.29, 1.82) is 0 Å². The lowest BCUT2D eigenvalue weighted by molar-refractivity contribution is -0.144. The van der Waals surface area contributed by atoms with Crippen molar-refractivity contribution in [2.45, 2.75) is 19.6 Å². The lowest BCUT2D eigenvalue weighted by Gasteiger charge is -2.25. The summed E-state index contributed by atoms with van der Waals surface area (Å²) in [6.07, 6.45) is 0. The Kier molecular flexibility index (Phi) is 5.28. The van der Waals surface area contributed by atoms with Gasteiger partial charge in [0.1, 0.15) is 22.8 Å². The summed E-state index contributed by atoms with van der Waals surface area (Å²) in [5.74, 6) is -1.43. The highest BCUT2D eigenvalue weighted by molar-refractivity contribution is 9.10. The summed E-state index contributed by atoms with van der Waals surface area (Å²) in [6, 6.07) is 11.5. The predicted octanol–water partition coefficient (Wildman–Crippen LogP) is 3.52. The number of ether oxygens (including phenoxy) is 2. The minimum absolute atomic E-state index is 0.0759. The third-order valence-electron chi connectivity index (χ3n) is 3.00. The van der Waals surface area contributed by atoms with Crippen molar-refractivity contribution in [1.82, 2.24) is 0 Å². The highest BCUT2D eigenvalue weighted by Gasteiger charge is 2.25. The fourth-order valence-corrected chi connectivity index (χ4v) is 2.26. The van der Waals surface area contributed by atoms with Crippen molar-refractivity contribution in [3.63, 3.8) is 0 Å². The van der Waals surface area contributed by atoms with Gasteiger partial charge in [-0.15, -0.1) is 0 Å². The quantitative estimate of drug-likeness (QED) is 0.592. The fourth-order valence-electron chi connectivity index (χ4n) is 1.99. The average Bonchev–Trinajstić information content (AvgIpc) is 2.47. The van der Waals surface area contributed by atoms with Crippen LogP contribution in [0.4, 0.5) is 0 Å². The van der Waals surface area contributed by atoms with Crippen LogP contribution in [0.25, 0.3) is 0 Å². The zero-order chi connectivity index (χ0) is 17.0. The van der Waals surface area contributed by atoms with Crippen LogP contribution in [0.2, 0.25) is 0 Å². The summed E-state index contributed by atoms with van der Waals surface area (Å²) in [5.41, 5.74) is 0.0759. The molecule has 0 aliphatic carbocycles. The zero-order valence-corrected chi connectivity index (χ0v) is 14.3. The first-order valence-corrected chi connectivity index (χ1v) is 7.70. The Morgan fingerprint density at radius 1 is 1.22 bits per heavy atom. The Balaban J connectivity index is 2.09. The van der Waals surface area contributed by atoms with Crippen molar-refractivity contribution in [3.8, 4) is 17.2 Å². The number of aliphatic hydroxyl groups is 1. The Morgan fingerprint density at radius 3 is 2.48 bits per heavy atom. The second kappa shape index (κ2) is 7.02. The van der Waals surface area contributed by atoms with Crippen LogP contribution < -0.4 is 9.47 Å². The van der Waals surface area contributed by atoms with Crippen LogP contribution in [0.3, 0.4) is 0 Å². The van der Waals surface area contributed by atoms with Crippen LogP contribution >= 0.6 is 15.9 Å². The number of benzene rings is 2. The molecule has 0 bridgehead atoms. The number of aromatic hydroxyl groups is 1. The maximum absolute atomic E-state index is 11.6. The molecule has 0 aromatic heterocycles. The van der Waals surface area contributed by atoms with Crippen LogP contribution in [0, 0.1) is 0 Å². The molecule has 1 unspecified atom stereocenters. The number of carbonyl (C=O) groups is 1. The van der Waals surface area contributed by atoms with Crippen molar-refractivity contribution in [2.24, 2.45) is 0 Å². The molecule has 0 fully saturated rings. The van der Waals surface area contributed by atoms with E-state index in [1.54, 1.807) is 36.4 Å². The molecule has 0 heterocycles. The highest BCUT2D eigenvalue weighted by atomic mass is 79.9. The number of carbonyl (C=O) groups excluding carboxylic acids is 1. The SMILES string of the molecule is CC(=O)c1c(O)cccc1OCC(C)(O)Oc1ccc(Br)cc1. The number of hydrogen-bond acceptors (Lipinski definition) is 5. The number of phenolic OH excluding ortho intramolecular Hbond substituents is 1. The van der Waals surface area contributed by atoms with Gasteiger partial charge in [-0.3, -0.25) is 4.79 Å². The summed E-state index contributed by atoms with van der Waals surface area (Å²) < 4.78 is 11.8. The summed E-state index contributed by atoms with van der Waals surface area (Å²) in [7, 11) is 0. The van der Waals surface area contributed by atoms with Crippen LogP contribution in [0.15, 0.2) is 46.9 Å². The molecule has 23 heavy (non-hydrogen) atoms. The van der Waals surface area contributed by atoms with E-state index in [1.165, 1.54) is 19.9 Å². The lowest BCUT2D eigenvalue weighted by Crippen LogP contribution is -2.38. The molecule has 2 aromatic carbocycles. The number of halogens is 1. The second-order valence-corrected chi connectivity index (χ2v) is 6.14. The Bertz CT molecular complexity index is 695. The second-order valence-electron chi connectivity index (χ2n) is 5.23. The Labute approximate surface area is 142 Å². The van der Waals surface area contributed by atoms with Gasteiger partial charge in [-0.25, -0.2) is 0 Å². The molecule has 0 amide bonds. The first-order chi connectivity index (χ1) is 10.8. The summed E-state index contributed by atoms with van der Waals surface area (Å²) in [6.45, 7) is 2.57. The molecule has 5 nitrogen and oxygen atoms in total. The van der Waals surface area contributed by atoms with Gasteiger partial charge in [-0.05, 0) is 43.3 Å². The normalized spacial score (nSPS) is 13.2. The third-order valence-corrected chi connectivity index (χ3v) is 3.53. The molecule has 0 aliphatic rings. The van der Waals surface area contributed by atoms with E-state index in [0.717, 1.165) is 4.47 Å². The largest absolute Gasteiger partial charge is 0.507 e. The van der Waals surface area contributed by atoms with Gasteiger partial charge in [0.05, 0.1) is 0 Å². The molecule has 0 aliphatic heterocycles. The van der Waals surface area contributed by atoms with Crippen molar-refractivity contribution in [3.05, 3.63) is 52.5 Å². The van der Waals surface area contributed by atoms with Gasteiger partial charge in [0.2, 0.25) is 5.79 Å². The smallest absolute Gasteiger partial charge is 0.239 e. The zero-order valence-electron chi connectivity index (χ0n) is 12.7. The van der Waals surface area contributed by atoms with Crippen molar-refractivity contribution in [2.75, 3.05) is 6.61 Å². The topological polar surface area (TPSA) is 76.0 Å². The highest BCUT2D eigenvalue weighted by Crippen LogP contribution is 2.29. The van der Waals surface area contributed by atoms with E-state index in [2.05, 4.69) is 15.9 Å². The summed E-state index contributed by atoms with van der Waals surface area (Å²) in [4.78, 5) is 11.6. The molecule has 0 saturated carbocycles. The van der Waals surface area contributed by atoms with Gasteiger partial charge in [-0.2, -0.15) is 0 Å². The maximum Gasteiger partial charge on any atom is 0.239 e. The van der Waals surface area contributed by atoms with Crippen LogP contribution in [0.1, 0.15) is 24.2 Å². The summed E-state index contributed by atoms with van der Waals surface area (Å²) >= 11 is 3.32. The van der Waals surface area contributed by atoms with E-state index >= 15 is 0 Å². The van der Waals surface area contributed by atoms with Gasteiger partial charge in [0, 0.05) is 11.4 Å². The van der Waals surface area contributed by atoms with Gasteiger partial charge >= 0.3 is 0 Å². The van der Waals surface area contributed by atoms with E-state index in [9.17, 15) is 15.0 Å². The van der Waals surface area contributed by atoms with E-state index in [1.807, 2.05) is 0 Å². The third kappa shape index (κ3) is 4.71.